The van der Waals surface area contributed by atoms with Crippen molar-refractivity contribution in [1.29, 1.82) is 0 Å². The molecular weight excluding hydrogens is 308 g/mol. The second-order valence-electron chi connectivity index (χ2n) is 4.84. The van der Waals surface area contributed by atoms with E-state index in [1.807, 2.05) is 12.3 Å². The summed E-state index contributed by atoms with van der Waals surface area (Å²) >= 11 is 0. The predicted octanol–water partition coefficient (Wildman–Crippen LogP) is 0.151. The molecule has 0 radical (unpaired) electrons. The molecule has 0 aliphatic carbocycles. The zero-order valence-electron chi connectivity index (χ0n) is 12.4. The summed E-state index contributed by atoms with van der Waals surface area (Å²) in [5.74, 6) is 0.372. The Morgan fingerprint density at radius 2 is 2.27 bits per heavy atom. The molecule has 0 saturated carbocycles. The van der Waals surface area contributed by atoms with Crippen LogP contribution in [-0.2, 0) is 21.4 Å². The van der Waals surface area contributed by atoms with Crippen LogP contribution < -0.4 is 5.32 Å². The van der Waals surface area contributed by atoms with Crippen molar-refractivity contribution >= 4 is 15.9 Å². The number of nitrogens with one attached hydrogen (secondary N) is 1. The maximum absolute atomic E-state index is 11.6. The van der Waals surface area contributed by atoms with Crippen molar-refractivity contribution in [2.75, 3.05) is 26.4 Å². The molecule has 2 rings (SSSR count). The Morgan fingerprint density at radius 1 is 1.50 bits per heavy atom. The van der Waals surface area contributed by atoms with Crippen molar-refractivity contribution in [2.24, 2.45) is 0 Å². The standard InChI is InChI=1S/C13H18N4O4S/c1-16(22(2,19)20)10-13(18)14-5-6-17-9-11(8-15-17)12-4-3-7-21-12/h3-4,7-9H,5-6,10H2,1-2H3,(H,14,18). The number of amides is 1. The maximum atomic E-state index is 11.6. The first kappa shape index (κ1) is 16.2. The second-order valence-corrected chi connectivity index (χ2v) is 6.93. The molecule has 0 unspecified atom stereocenters. The number of furan rings is 1. The number of hydrogen-bond donors (Lipinski definition) is 1. The topological polar surface area (TPSA) is 97.4 Å². The van der Waals surface area contributed by atoms with Gasteiger partial charge in [0.2, 0.25) is 15.9 Å². The van der Waals surface area contributed by atoms with Crippen LogP contribution in [0.15, 0.2) is 35.2 Å². The Labute approximate surface area is 128 Å². The Bertz CT molecular complexity index is 721. The van der Waals surface area contributed by atoms with Gasteiger partial charge < -0.3 is 9.73 Å². The van der Waals surface area contributed by atoms with Gasteiger partial charge in [-0.15, -0.1) is 0 Å². The van der Waals surface area contributed by atoms with Crippen LogP contribution >= 0.6 is 0 Å². The van der Waals surface area contributed by atoms with Crippen LogP contribution in [0, 0.1) is 0 Å². The zero-order valence-corrected chi connectivity index (χ0v) is 13.2. The fourth-order valence-corrected chi connectivity index (χ4v) is 2.09. The smallest absolute Gasteiger partial charge is 0.235 e. The molecule has 0 spiro atoms. The number of carbonyl (C=O) groups is 1. The van der Waals surface area contributed by atoms with Gasteiger partial charge in [-0.1, -0.05) is 0 Å². The molecule has 0 saturated heterocycles. The van der Waals surface area contributed by atoms with E-state index in [-0.39, 0.29) is 12.5 Å². The van der Waals surface area contributed by atoms with Crippen LogP contribution in [0.3, 0.4) is 0 Å². The number of hydrogen-bond acceptors (Lipinski definition) is 5. The molecule has 0 aliphatic heterocycles. The Kier molecular flexibility index (Phi) is 4.99. The first-order valence-electron chi connectivity index (χ1n) is 6.60. The molecule has 2 aromatic rings. The molecule has 2 aromatic heterocycles. The van der Waals surface area contributed by atoms with Gasteiger partial charge in [-0.25, -0.2) is 8.42 Å². The van der Waals surface area contributed by atoms with E-state index in [0.717, 1.165) is 21.9 Å². The molecule has 0 fully saturated rings. The van der Waals surface area contributed by atoms with Gasteiger partial charge in [-0.3, -0.25) is 9.48 Å². The molecular formula is C13H18N4O4S. The maximum Gasteiger partial charge on any atom is 0.235 e. The van der Waals surface area contributed by atoms with Crippen molar-refractivity contribution in [3.8, 4) is 11.3 Å². The summed E-state index contributed by atoms with van der Waals surface area (Å²) in [5.41, 5.74) is 0.855. The normalized spacial score (nSPS) is 11.8. The van der Waals surface area contributed by atoms with Gasteiger partial charge >= 0.3 is 0 Å². The number of aromatic nitrogens is 2. The van der Waals surface area contributed by atoms with Crippen molar-refractivity contribution < 1.29 is 17.6 Å². The first-order chi connectivity index (χ1) is 10.4. The van der Waals surface area contributed by atoms with E-state index in [4.69, 9.17) is 4.42 Å². The molecule has 0 atom stereocenters. The van der Waals surface area contributed by atoms with Gasteiger partial charge in [0, 0.05) is 19.8 Å². The largest absolute Gasteiger partial charge is 0.464 e. The van der Waals surface area contributed by atoms with Crippen LogP contribution in [0.1, 0.15) is 0 Å². The van der Waals surface area contributed by atoms with E-state index in [2.05, 4.69) is 10.4 Å². The summed E-state index contributed by atoms with van der Waals surface area (Å²) in [7, 11) is -1.99. The molecule has 0 bridgehead atoms. The van der Waals surface area contributed by atoms with Crippen molar-refractivity contribution in [2.45, 2.75) is 6.54 Å². The van der Waals surface area contributed by atoms with Crippen molar-refractivity contribution in [1.82, 2.24) is 19.4 Å². The number of likely N-dealkylation sites (N-methyl/N-ethyl adjacent to an activating group) is 1. The van der Waals surface area contributed by atoms with Gasteiger partial charge in [0.1, 0.15) is 5.76 Å². The third-order valence-corrected chi connectivity index (χ3v) is 4.30. The van der Waals surface area contributed by atoms with E-state index in [1.54, 1.807) is 23.2 Å². The molecule has 9 heteroatoms. The van der Waals surface area contributed by atoms with Crippen LogP contribution in [0.2, 0.25) is 0 Å². The van der Waals surface area contributed by atoms with Gasteiger partial charge in [-0.05, 0) is 12.1 Å². The highest BCUT2D eigenvalue weighted by Gasteiger charge is 2.14. The van der Waals surface area contributed by atoms with E-state index < -0.39 is 10.0 Å². The minimum absolute atomic E-state index is 0.199. The highest BCUT2D eigenvalue weighted by Crippen LogP contribution is 2.18. The molecule has 22 heavy (non-hydrogen) atoms. The lowest BCUT2D eigenvalue weighted by Gasteiger charge is -2.13. The monoisotopic (exact) mass is 326 g/mol. The number of carbonyl (C=O) groups excluding carboxylic acids is 1. The van der Waals surface area contributed by atoms with Gasteiger partial charge in [-0.2, -0.15) is 9.40 Å². The molecule has 1 amide bonds. The third kappa shape index (κ3) is 4.43. The zero-order chi connectivity index (χ0) is 16.2. The van der Waals surface area contributed by atoms with Gasteiger partial charge in [0.15, 0.2) is 0 Å². The fourth-order valence-electron chi connectivity index (χ4n) is 1.74. The average molecular weight is 326 g/mol. The third-order valence-electron chi connectivity index (χ3n) is 3.03. The van der Waals surface area contributed by atoms with E-state index in [9.17, 15) is 13.2 Å². The summed E-state index contributed by atoms with van der Waals surface area (Å²) in [6.07, 6.45) is 6.14. The summed E-state index contributed by atoms with van der Waals surface area (Å²) in [4.78, 5) is 11.6. The highest BCUT2D eigenvalue weighted by molar-refractivity contribution is 7.88. The Balaban J connectivity index is 1.78. The number of nitrogens with zero attached hydrogens (tertiary/aromatic N) is 3. The molecule has 1 N–H and O–H groups in total. The van der Waals surface area contributed by atoms with Crippen LogP contribution in [0.5, 0.6) is 0 Å². The van der Waals surface area contributed by atoms with Crippen LogP contribution in [-0.4, -0.2) is 54.8 Å². The lowest BCUT2D eigenvalue weighted by molar-refractivity contribution is -0.121. The number of rotatable bonds is 7. The van der Waals surface area contributed by atoms with Gasteiger partial charge in [0.05, 0.1) is 37.4 Å². The molecule has 2 heterocycles. The quantitative estimate of drug-likeness (QED) is 0.781. The molecule has 120 valence electrons. The Morgan fingerprint density at radius 3 is 2.91 bits per heavy atom. The fraction of sp³-hybridized carbons (Fsp3) is 0.385. The minimum atomic E-state index is -3.35. The number of sulfonamides is 1. The molecule has 0 aromatic carbocycles. The summed E-state index contributed by atoms with van der Waals surface area (Å²) in [6.45, 7) is 0.639. The predicted molar refractivity (Wildman–Crippen MR) is 80.4 cm³/mol. The minimum Gasteiger partial charge on any atom is -0.464 e. The average Bonchev–Trinajstić information content (AvgIpc) is 3.07. The molecule has 0 aliphatic rings. The lowest BCUT2D eigenvalue weighted by Crippen LogP contribution is -2.38. The summed E-state index contributed by atoms with van der Waals surface area (Å²) in [6, 6.07) is 3.63. The summed E-state index contributed by atoms with van der Waals surface area (Å²) in [5, 5.41) is 6.82. The van der Waals surface area contributed by atoms with Gasteiger partial charge in [0.25, 0.3) is 0 Å². The Hall–Kier alpha value is -2.13. The van der Waals surface area contributed by atoms with E-state index in [1.165, 1.54) is 7.05 Å². The molecule has 8 nitrogen and oxygen atoms in total. The van der Waals surface area contributed by atoms with E-state index in [0.29, 0.717) is 13.1 Å². The van der Waals surface area contributed by atoms with Crippen molar-refractivity contribution in [3.05, 3.63) is 30.8 Å². The highest BCUT2D eigenvalue weighted by atomic mass is 32.2. The van der Waals surface area contributed by atoms with Crippen LogP contribution in [0.4, 0.5) is 0 Å². The van der Waals surface area contributed by atoms with Crippen molar-refractivity contribution in [3.63, 3.8) is 0 Å². The SMILES string of the molecule is CN(CC(=O)NCCn1cc(-c2ccco2)cn1)S(C)(=O)=O. The first-order valence-corrected chi connectivity index (χ1v) is 8.45. The lowest BCUT2D eigenvalue weighted by atomic mass is 10.3. The van der Waals surface area contributed by atoms with Crippen LogP contribution in [0.25, 0.3) is 11.3 Å². The second kappa shape index (κ2) is 6.75. The van der Waals surface area contributed by atoms with E-state index >= 15 is 0 Å². The summed E-state index contributed by atoms with van der Waals surface area (Å²) < 4.78 is 30.3.